The average Bonchev–Trinajstić information content (AvgIpc) is 2.99. The molecule has 2 aliphatic heterocycles. The molecule has 0 aromatic heterocycles. The largest absolute Gasteiger partial charge is 0.379 e. The van der Waals surface area contributed by atoms with Crippen molar-refractivity contribution in [1.82, 2.24) is 14.7 Å². The number of ether oxygens (including phenoxy) is 1. The van der Waals surface area contributed by atoms with Crippen LogP contribution in [0.1, 0.15) is 37.3 Å². The zero-order valence-corrected chi connectivity index (χ0v) is 27.5. The number of benzene rings is 2. The SMILES string of the molecule is C[C@@H]1CN(C(=O)C(N)Cc2ccc(Cl)c(Cl)c2)[C@@H](CCCCN2CCOCC2)CN1C(=O)C(N)Cc1ccc(Cl)c(Cl)c1. The van der Waals surface area contributed by atoms with Crippen molar-refractivity contribution >= 4 is 58.2 Å². The van der Waals surface area contributed by atoms with Gasteiger partial charge < -0.3 is 26.0 Å². The van der Waals surface area contributed by atoms with Crippen LogP contribution >= 0.6 is 46.4 Å². The number of carbonyl (C=O) groups is 2. The fourth-order valence-electron chi connectivity index (χ4n) is 5.84. The van der Waals surface area contributed by atoms with Crippen molar-refractivity contribution < 1.29 is 14.3 Å². The van der Waals surface area contributed by atoms with E-state index in [0.29, 0.717) is 46.0 Å². The Hall–Kier alpha value is -1.62. The second-order valence-corrected chi connectivity index (χ2v) is 13.2. The van der Waals surface area contributed by atoms with E-state index < -0.39 is 12.1 Å². The maximum absolute atomic E-state index is 13.8. The number of nitrogens with zero attached hydrogens (tertiary/aromatic N) is 3. The zero-order valence-electron chi connectivity index (χ0n) is 24.5. The molecular formula is C31H41Cl4N5O3. The number of morpholine rings is 1. The summed E-state index contributed by atoms with van der Waals surface area (Å²) in [6.07, 6.45) is 3.34. The smallest absolute Gasteiger partial charge is 0.240 e. The van der Waals surface area contributed by atoms with Crippen molar-refractivity contribution in [2.45, 2.75) is 63.2 Å². The second kappa shape index (κ2) is 16.1. The van der Waals surface area contributed by atoms with Crippen molar-refractivity contribution in [2.75, 3.05) is 45.9 Å². The van der Waals surface area contributed by atoms with E-state index in [-0.39, 0.29) is 23.9 Å². The van der Waals surface area contributed by atoms with Gasteiger partial charge in [0, 0.05) is 38.3 Å². The number of halogens is 4. The number of rotatable bonds is 11. The Kier molecular flexibility index (Phi) is 12.8. The van der Waals surface area contributed by atoms with Crippen molar-refractivity contribution in [3.05, 3.63) is 67.6 Å². The minimum Gasteiger partial charge on any atom is -0.379 e. The third kappa shape index (κ3) is 9.44. The van der Waals surface area contributed by atoms with E-state index in [9.17, 15) is 9.59 Å². The Morgan fingerprint density at radius 1 is 0.814 bits per heavy atom. The first-order valence-electron chi connectivity index (χ1n) is 14.8. The molecule has 2 unspecified atom stereocenters. The first kappa shape index (κ1) is 34.3. The van der Waals surface area contributed by atoms with E-state index in [1.165, 1.54) is 0 Å². The molecule has 2 aliphatic rings. The fraction of sp³-hybridized carbons (Fsp3) is 0.548. The van der Waals surface area contributed by atoms with Gasteiger partial charge >= 0.3 is 0 Å². The van der Waals surface area contributed by atoms with E-state index in [0.717, 1.165) is 63.2 Å². The van der Waals surface area contributed by atoms with Crippen LogP contribution in [0.4, 0.5) is 0 Å². The summed E-state index contributed by atoms with van der Waals surface area (Å²) >= 11 is 24.5. The maximum atomic E-state index is 13.8. The summed E-state index contributed by atoms with van der Waals surface area (Å²) in [5.41, 5.74) is 14.6. The third-order valence-corrected chi connectivity index (χ3v) is 9.76. The van der Waals surface area contributed by atoms with Crippen molar-refractivity contribution in [3.8, 4) is 0 Å². The van der Waals surface area contributed by atoms with Crippen molar-refractivity contribution in [2.24, 2.45) is 11.5 Å². The lowest BCUT2D eigenvalue weighted by molar-refractivity contribution is -0.148. The molecule has 4 N–H and O–H groups in total. The van der Waals surface area contributed by atoms with Gasteiger partial charge in [-0.25, -0.2) is 0 Å². The average molecular weight is 674 g/mol. The highest BCUT2D eigenvalue weighted by molar-refractivity contribution is 6.42. The van der Waals surface area contributed by atoms with Gasteiger partial charge in [-0.05, 0) is 74.5 Å². The Labute approximate surface area is 274 Å². The standard InChI is InChI=1S/C31H41Cl4N5O3/c1-20-18-40(31(42)29(37)17-22-6-8-25(33)27(35)15-22)23(4-2-3-9-38-10-12-43-13-11-38)19-39(20)30(41)28(36)16-21-5-7-24(32)26(34)14-21/h5-8,14-15,20,23,28-29H,2-4,9-13,16-19,36-37H2,1H3/t20-,23+,28?,29?/m1/s1. The van der Waals surface area contributed by atoms with Gasteiger partial charge in [-0.1, -0.05) is 65.0 Å². The minimum absolute atomic E-state index is 0.136. The van der Waals surface area contributed by atoms with Crippen LogP contribution in [0.15, 0.2) is 36.4 Å². The van der Waals surface area contributed by atoms with Gasteiger partial charge in [-0.2, -0.15) is 0 Å². The predicted octanol–water partition coefficient (Wildman–Crippen LogP) is 4.67. The lowest BCUT2D eigenvalue weighted by atomic mass is 9.97. The first-order valence-corrected chi connectivity index (χ1v) is 16.3. The fourth-order valence-corrected chi connectivity index (χ4v) is 6.49. The summed E-state index contributed by atoms with van der Waals surface area (Å²) in [5.74, 6) is -0.285. The zero-order chi connectivity index (χ0) is 31.1. The van der Waals surface area contributed by atoms with E-state index >= 15 is 0 Å². The molecule has 236 valence electrons. The predicted molar refractivity (Wildman–Crippen MR) is 174 cm³/mol. The molecule has 8 nitrogen and oxygen atoms in total. The minimum atomic E-state index is -0.751. The molecule has 0 spiro atoms. The summed E-state index contributed by atoms with van der Waals surface area (Å²) in [4.78, 5) is 33.5. The summed E-state index contributed by atoms with van der Waals surface area (Å²) in [6, 6.07) is 8.66. The molecule has 0 aliphatic carbocycles. The van der Waals surface area contributed by atoms with E-state index in [2.05, 4.69) is 4.90 Å². The van der Waals surface area contributed by atoms with E-state index in [4.69, 9.17) is 62.6 Å². The van der Waals surface area contributed by atoms with Gasteiger partial charge in [0.2, 0.25) is 11.8 Å². The molecular weight excluding hydrogens is 632 g/mol. The van der Waals surface area contributed by atoms with Crippen LogP contribution in [-0.2, 0) is 27.2 Å². The quantitative estimate of drug-likeness (QED) is 0.336. The van der Waals surface area contributed by atoms with Gasteiger partial charge in [-0.3, -0.25) is 14.5 Å². The number of carbonyl (C=O) groups excluding carboxylic acids is 2. The van der Waals surface area contributed by atoms with Crippen LogP contribution in [0, 0.1) is 0 Å². The van der Waals surface area contributed by atoms with E-state index in [1.54, 1.807) is 24.3 Å². The van der Waals surface area contributed by atoms with Gasteiger partial charge in [0.1, 0.15) is 0 Å². The second-order valence-electron chi connectivity index (χ2n) is 11.6. The Morgan fingerprint density at radius 2 is 1.35 bits per heavy atom. The van der Waals surface area contributed by atoms with Crippen LogP contribution in [-0.4, -0.2) is 96.6 Å². The molecule has 2 aromatic carbocycles. The van der Waals surface area contributed by atoms with Crippen LogP contribution in [0.2, 0.25) is 20.1 Å². The maximum Gasteiger partial charge on any atom is 0.240 e. The van der Waals surface area contributed by atoms with Gasteiger partial charge in [0.15, 0.2) is 0 Å². The molecule has 12 heteroatoms. The van der Waals surface area contributed by atoms with Crippen LogP contribution < -0.4 is 11.5 Å². The Morgan fingerprint density at radius 3 is 1.88 bits per heavy atom. The molecule has 2 heterocycles. The molecule has 2 aromatic rings. The Balaban J connectivity index is 1.43. The first-order chi connectivity index (χ1) is 20.5. The summed E-state index contributed by atoms with van der Waals surface area (Å²) < 4.78 is 5.46. The highest BCUT2D eigenvalue weighted by atomic mass is 35.5. The molecule has 2 amide bonds. The normalized spacial score (nSPS) is 21.1. The number of amides is 2. The molecule has 4 atom stereocenters. The lowest BCUT2D eigenvalue weighted by Gasteiger charge is -2.47. The summed E-state index contributed by atoms with van der Waals surface area (Å²) in [6.45, 7) is 7.11. The van der Waals surface area contributed by atoms with Crippen LogP contribution in [0.25, 0.3) is 0 Å². The molecule has 2 fully saturated rings. The number of hydrogen-bond donors (Lipinski definition) is 2. The van der Waals surface area contributed by atoms with Crippen molar-refractivity contribution in [1.29, 1.82) is 0 Å². The molecule has 0 bridgehead atoms. The number of nitrogens with two attached hydrogens (primary N) is 2. The highest BCUT2D eigenvalue weighted by Crippen LogP contribution is 2.26. The summed E-state index contributed by atoms with van der Waals surface area (Å²) in [7, 11) is 0. The van der Waals surface area contributed by atoms with Crippen LogP contribution in [0.3, 0.4) is 0 Å². The molecule has 0 radical (unpaired) electrons. The highest BCUT2D eigenvalue weighted by Gasteiger charge is 2.39. The topological polar surface area (TPSA) is 105 Å². The van der Waals surface area contributed by atoms with Gasteiger partial charge in [0.25, 0.3) is 0 Å². The summed E-state index contributed by atoms with van der Waals surface area (Å²) in [5, 5.41) is 1.76. The number of hydrogen-bond acceptors (Lipinski definition) is 6. The number of piperazine rings is 1. The van der Waals surface area contributed by atoms with Crippen LogP contribution in [0.5, 0.6) is 0 Å². The molecule has 43 heavy (non-hydrogen) atoms. The van der Waals surface area contributed by atoms with Gasteiger partial charge in [-0.15, -0.1) is 0 Å². The molecule has 4 rings (SSSR count). The monoisotopic (exact) mass is 671 g/mol. The molecule has 0 saturated carbocycles. The van der Waals surface area contributed by atoms with Crippen molar-refractivity contribution in [3.63, 3.8) is 0 Å². The lowest BCUT2D eigenvalue weighted by Crippen LogP contribution is -2.64. The van der Waals surface area contributed by atoms with E-state index in [1.807, 2.05) is 28.9 Å². The van der Waals surface area contributed by atoms with Gasteiger partial charge in [0.05, 0.1) is 45.4 Å². The molecule has 2 saturated heterocycles. The Bertz CT molecular complexity index is 1260. The third-order valence-electron chi connectivity index (χ3n) is 8.29. The number of unbranched alkanes of at least 4 members (excludes halogenated alkanes) is 1.